The predicted octanol–water partition coefficient (Wildman–Crippen LogP) is 2.38. The maximum Gasteiger partial charge on any atom is 0.250 e. The number of benzene rings is 1. The molecule has 5 fully saturated rings. The first-order chi connectivity index (χ1) is 14.9. The maximum absolute atomic E-state index is 14.2. The third-order valence-corrected chi connectivity index (χ3v) is 8.40. The zero-order valence-electron chi connectivity index (χ0n) is 18.1. The predicted molar refractivity (Wildman–Crippen MR) is 113 cm³/mol. The molecule has 168 valence electrons. The lowest BCUT2D eigenvalue weighted by Crippen LogP contribution is -2.63. The number of nitrogens with zero attached hydrogens (tertiary/aromatic N) is 1. The quantitative estimate of drug-likeness (QED) is 0.753. The van der Waals surface area contributed by atoms with Crippen LogP contribution in [0.4, 0.5) is 4.39 Å². The summed E-state index contributed by atoms with van der Waals surface area (Å²) < 4.78 is 20.1. The van der Waals surface area contributed by atoms with Crippen LogP contribution in [0.3, 0.4) is 0 Å². The summed E-state index contributed by atoms with van der Waals surface area (Å²) in [6.45, 7) is 3.52. The molecule has 0 radical (unpaired) electrons. The lowest BCUT2D eigenvalue weighted by Gasteiger charge is -2.59. The van der Waals surface area contributed by atoms with E-state index in [0.29, 0.717) is 43.0 Å². The molecule has 1 heterocycles. The first-order valence-electron chi connectivity index (χ1n) is 11.6. The highest BCUT2D eigenvalue weighted by atomic mass is 19.1. The minimum absolute atomic E-state index is 0.0870. The standard InChI is InChI=1S/C24H32FN3O3/c1-14(18-4-2-3-5-19(18)25)28-6-7-31-20(13-28)22(29)27-21-16-8-15-9-17(21)12-24(10-15,11-16)23(26)30/h2-5,14-17,20-21H,6-13H2,1H3,(H2,26,30)(H,27,29)/t14?,15?,16?,17?,20-,21?,24?/m1/s1. The molecule has 4 bridgehead atoms. The summed E-state index contributed by atoms with van der Waals surface area (Å²) in [5.74, 6) is 0.723. The Morgan fingerprint density at radius 3 is 2.61 bits per heavy atom. The zero-order valence-corrected chi connectivity index (χ0v) is 18.1. The molecule has 1 aromatic carbocycles. The summed E-state index contributed by atoms with van der Waals surface area (Å²) in [7, 11) is 0. The van der Waals surface area contributed by atoms with Crippen LogP contribution in [0.1, 0.15) is 50.6 Å². The molecule has 4 saturated carbocycles. The smallest absolute Gasteiger partial charge is 0.250 e. The second-order valence-electron chi connectivity index (χ2n) is 10.2. The second kappa shape index (κ2) is 7.85. The first-order valence-corrected chi connectivity index (χ1v) is 11.6. The van der Waals surface area contributed by atoms with Crippen molar-refractivity contribution in [3.63, 3.8) is 0 Å². The number of hydrogen-bond acceptors (Lipinski definition) is 4. The zero-order chi connectivity index (χ0) is 21.8. The molecule has 6 nitrogen and oxygen atoms in total. The monoisotopic (exact) mass is 429 g/mol. The van der Waals surface area contributed by atoms with Gasteiger partial charge >= 0.3 is 0 Å². The number of nitrogens with one attached hydrogen (secondary N) is 1. The van der Waals surface area contributed by atoms with Crippen molar-refractivity contribution in [3.8, 4) is 0 Å². The lowest BCUT2D eigenvalue weighted by molar-refractivity contribution is -0.151. The first kappa shape index (κ1) is 20.9. The Hall–Kier alpha value is -1.99. The van der Waals surface area contributed by atoms with Gasteiger partial charge in [0, 0.05) is 36.2 Å². The van der Waals surface area contributed by atoms with Crippen LogP contribution >= 0.6 is 0 Å². The van der Waals surface area contributed by atoms with Crippen LogP contribution in [-0.4, -0.2) is 48.6 Å². The fourth-order valence-corrected chi connectivity index (χ4v) is 7.01. The number of morpholine rings is 1. The van der Waals surface area contributed by atoms with Gasteiger partial charge in [-0.1, -0.05) is 18.2 Å². The van der Waals surface area contributed by atoms with Crippen molar-refractivity contribution < 1.29 is 18.7 Å². The van der Waals surface area contributed by atoms with Crippen LogP contribution < -0.4 is 11.1 Å². The van der Waals surface area contributed by atoms with E-state index < -0.39 is 6.10 Å². The number of nitrogens with two attached hydrogens (primary N) is 1. The molecule has 3 N–H and O–H groups in total. The molecule has 1 aliphatic heterocycles. The highest BCUT2D eigenvalue weighted by molar-refractivity contribution is 5.83. The van der Waals surface area contributed by atoms with E-state index in [1.54, 1.807) is 12.1 Å². The van der Waals surface area contributed by atoms with Crippen molar-refractivity contribution in [3.05, 3.63) is 35.6 Å². The normalized spacial score (nSPS) is 38.1. The number of halogens is 1. The molecule has 1 saturated heterocycles. The van der Waals surface area contributed by atoms with Gasteiger partial charge in [-0.15, -0.1) is 0 Å². The summed E-state index contributed by atoms with van der Waals surface area (Å²) in [4.78, 5) is 27.4. The topological polar surface area (TPSA) is 84.7 Å². The number of carbonyl (C=O) groups excluding carboxylic acids is 2. The van der Waals surface area contributed by atoms with E-state index in [9.17, 15) is 14.0 Å². The van der Waals surface area contributed by atoms with Gasteiger partial charge < -0.3 is 15.8 Å². The number of amides is 2. The van der Waals surface area contributed by atoms with Gasteiger partial charge in [0.2, 0.25) is 5.91 Å². The van der Waals surface area contributed by atoms with Gasteiger partial charge in [-0.3, -0.25) is 14.5 Å². The van der Waals surface area contributed by atoms with E-state index in [4.69, 9.17) is 10.5 Å². The minimum Gasteiger partial charge on any atom is -0.369 e. The van der Waals surface area contributed by atoms with Crippen LogP contribution in [0, 0.1) is 29.0 Å². The van der Waals surface area contributed by atoms with Gasteiger partial charge in [0.05, 0.1) is 6.61 Å². The van der Waals surface area contributed by atoms with Gasteiger partial charge in [0.25, 0.3) is 5.91 Å². The number of carbonyl (C=O) groups is 2. The molecule has 6 rings (SSSR count). The SMILES string of the molecule is CC(c1ccccc1F)N1CCO[C@@H](C(=O)NC2C3CC4CC2CC(C(N)=O)(C4)C3)C1. The fraction of sp³-hybridized carbons (Fsp3) is 0.667. The Bertz CT molecular complexity index is 861. The number of ether oxygens (including phenoxy) is 1. The summed E-state index contributed by atoms with van der Waals surface area (Å²) >= 11 is 0. The highest BCUT2D eigenvalue weighted by Crippen LogP contribution is 2.59. The molecule has 2 amide bonds. The minimum atomic E-state index is -0.565. The molecule has 4 aliphatic carbocycles. The summed E-state index contributed by atoms with van der Waals surface area (Å²) in [6, 6.07) is 6.77. The Kier molecular flexibility index (Phi) is 5.29. The van der Waals surface area contributed by atoms with Gasteiger partial charge in [0.1, 0.15) is 11.9 Å². The molecule has 31 heavy (non-hydrogen) atoms. The van der Waals surface area contributed by atoms with Gasteiger partial charge in [0.15, 0.2) is 0 Å². The van der Waals surface area contributed by atoms with Crippen molar-refractivity contribution in [1.29, 1.82) is 0 Å². The molecular formula is C24H32FN3O3. The Morgan fingerprint density at radius 2 is 1.94 bits per heavy atom. The Morgan fingerprint density at radius 1 is 1.23 bits per heavy atom. The number of hydrogen-bond donors (Lipinski definition) is 2. The van der Waals surface area contributed by atoms with Crippen molar-refractivity contribution in [2.45, 2.75) is 57.2 Å². The molecule has 1 aromatic rings. The second-order valence-corrected chi connectivity index (χ2v) is 10.2. The number of primary amides is 1. The van der Waals surface area contributed by atoms with E-state index in [1.807, 2.05) is 13.0 Å². The molecule has 4 atom stereocenters. The van der Waals surface area contributed by atoms with Crippen LogP contribution in [-0.2, 0) is 14.3 Å². The Balaban J connectivity index is 1.24. The molecular weight excluding hydrogens is 397 g/mol. The van der Waals surface area contributed by atoms with E-state index in [0.717, 1.165) is 32.1 Å². The van der Waals surface area contributed by atoms with E-state index >= 15 is 0 Å². The van der Waals surface area contributed by atoms with E-state index in [2.05, 4.69) is 10.2 Å². The summed E-state index contributed by atoms with van der Waals surface area (Å²) in [5.41, 5.74) is 6.06. The van der Waals surface area contributed by atoms with Crippen LogP contribution in [0.25, 0.3) is 0 Å². The van der Waals surface area contributed by atoms with Crippen LogP contribution in [0.2, 0.25) is 0 Å². The third kappa shape index (κ3) is 3.65. The third-order valence-electron chi connectivity index (χ3n) is 8.40. The van der Waals surface area contributed by atoms with E-state index in [-0.39, 0.29) is 35.1 Å². The summed E-state index contributed by atoms with van der Waals surface area (Å²) in [5, 5.41) is 3.28. The molecule has 0 spiro atoms. The lowest BCUT2D eigenvalue weighted by atomic mass is 9.47. The van der Waals surface area contributed by atoms with Crippen LogP contribution in [0.5, 0.6) is 0 Å². The molecule has 5 aliphatic rings. The van der Waals surface area contributed by atoms with Crippen molar-refractivity contribution >= 4 is 11.8 Å². The maximum atomic E-state index is 14.2. The largest absolute Gasteiger partial charge is 0.369 e. The summed E-state index contributed by atoms with van der Waals surface area (Å²) in [6.07, 6.45) is 4.08. The van der Waals surface area contributed by atoms with Gasteiger partial charge in [-0.05, 0) is 62.8 Å². The van der Waals surface area contributed by atoms with E-state index in [1.165, 1.54) is 6.07 Å². The average molecular weight is 430 g/mol. The highest BCUT2D eigenvalue weighted by Gasteiger charge is 2.58. The van der Waals surface area contributed by atoms with Crippen molar-refractivity contribution in [2.24, 2.45) is 28.9 Å². The van der Waals surface area contributed by atoms with Crippen molar-refractivity contribution in [1.82, 2.24) is 10.2 Å². The number of rotatable bonds is 5. The average Bonchev–Trinajstić information content (AvgIpc) is 2.75. The molecule has 3 unspecified atom stereocenters. The van der Waals surface area contributed by atoms with Crippen molar-refractivity contribution in [2.75, 3.05) is 19.7 Å². The van der Waals surface area contributed by atoms with Crippen LogP contribution in [0.15, 0.2) is 24.3 Å². The van der Waals surface area contributed by atoms with Gasteiger partial charge in [-0.2, -0.15) is 0 Å². The Labute approximate surface area is 182 Å². The molecule has 7 heteroatoms. The fourth-order valence-electron chi connectivity index (χ4n) is 7.01. The van der Waals surface area contributed by atoms with Gasteiger partial charge in [-0.25, -0.2) is 4.39 Å². The molecule has 0 aromatic heterocycles.